The molecule has 1 aromatic heterocycles. The van der Waals surface area contributed by atoms with E-state index in [9.17, 15) is 18.4 Å². The summed E-state index contributed by atoms with van der Waals surface area (Å²) < 4.78 is 26.4. The second-order valence-electron chi connectivity index (χ2n) is 8.09. The van der Waals surface area contributed by atoms with E-state index in [1.165, 1.54) is 35.6 Å². The summed E-state index contributed by atoms with van der Waals surface area (Å²) in [5.41, 5.74) is 3.37. The molecule has 35 heavy (non-hydrogen) atoms. The molecule has 3 aromatic carbocycles. The van der Waals surface area contributed by atoms with E-state index in [0.717, 1.165) is 16.7 Å². The van der Waals surface area contributed by atoms with Gasteiger partial charge in [0.1, 0.15) is 22.3 Å². The minimum Gasteiger partial charge on any atom is -0.347 e. The van der Waals surface area contributed by atoms with Crippen LogP contribution in [0.5, 0.6) is 0 Å². The Morgan fingerprint density at radius 2 is 1.46 bits per heavy atom. The second kappa shape index (κ2) is 11.0. The van der Waals surface area contributed by atoms with Crippen molar-refractivity contribution < 1.29 is 18.4 Å². The third kappa shape index (κ3) is 6.58. The number of aromatic nitrogens is 1. The Morgan fingerprint density at radius 3 is 2.09 bits per heavy atom. The van der Waals surface area contributed by atoms with Crippen molar-refractivity contribution in [3.05, 3.63) is 123 Å². The molecule has 0 saturated heterocycles. The van der Waals surface area contributed by atoms with Crippen LogP contribution in [-0.2, 0) is 19.6 Å². The number of hydrogen-bond acceptors (Lipinski definition) is 4. The predicted molar refractivity (Wildman–Crippen MR) is 131 cm³/mol. The molecule has 0 aliphatic heterocycles. The van der Waals surface area contributed by atoms with Crippen LogP contribution in [0.1, 0.15) is 42.5 Å². The second-order valence-corrected chi connectivity index (χ2v) is 9.03. The number of carbonyl (C=O) groups excluding carboxylic acids is 2. The van der Waals surface area contributed by atoms with Crippen molar-refractivity contribution in [2.24, 2.45) is 0 Å². The average Bonchev–Trinajstić information content (AvgIpc) is 3.33. The van der Waals surface area contributed by atoms with Gasteiger partial charge < -0.3 is 10.2 Å². The number of nitrogens with one attached hydrogen (secondary N) is 1. The molecule has 0 radical (unpaired) electrons. The van der Waals surface area contributed by atoms with Crippen molar-refractivity contribution in [3.8, 4) is 0 Å². The monoisotopic (exact) mass is 491 g/mol. The molecule has 4 rings (SSSR count). The zero-order valence-corrected chi connectivity index (χ0v) is 19.8. The van der Waals surface area contributed by atoms with Gasteiger partial charge in [-0.25, -0.2) is 13.8 Å². The molecule has 0 aliphatic carbocycles. The fourth-order valence-corrected chi connectivity index (χ4v) is 4.20. The Labute approximate surface area is 206 Å². The standard InChI is InChI=1S/C27H23F2N3O2S/c1-18-2-8-21(9-3-18)27(34)32(15-20-6-12-23(29)13-7-20)16-25-31-24(17-35-25)26(33)30-14-19-4-10-22(28)11-5-19/h2-13,17H,14-16H2,1H3,(H,30,33). The van der Waals surface area contributed by atoms with E-state index in [2.05, 4.69) is 10.3 Å². The van der Waals surface area contributed by atoms with Gasteiger partial charge in [0.25, 0.3) is 11.8 Å². The van der Waals surface area contributed by atoms with Gasteiger partial charge >= 0.3 is 0 Å². The first-order valence-corrected chi connectivity index (χ1v) is 11.8. The molecule has 0 fully saturated rings. The number of carbonyl (C=O) groups is 2. The van der Waals surface area contributed by atoms with Crippen molar-refractivity contribution in [1.29, 1.82) is 0 Å². The first kappa shape index (κ1) is 24.2. The molecule has 4 aromatic rings. The maximum absolute atomic E-state index is 13.4. The summed E-state index contributed by atoms with van der Waals surface area (Å²) in [7, 11) is 0. The summed E-state index contributed by atoms with van der Waals surface area (Å²) in [4.78, 5) is 31.9. The number of amides is 2. The lowest BCUT2D eigenvalue weighted by atomic mass is 10.1. The lowest BCUT2D eigenvalue weighted by molar-refractivity contribution is 0.0730. The first-order chi connectivity index (χ1) is 16.9. The zero-order chi connectivity index (χ0) is 24.8. The van der Waals surface area contributed by atoms with Crippen LogP contribution in [0.4, 0.5) is 8.78 Å². The highest BCUT2D eigenvalue weighted by atomic mass is 32.1. The van der Waals surface area contributed by atoms with Crippen molar-refractivity contribution in [1.82, 2.24) is 15.2 Å². The van der Waals surface area contributed by atoms with Crippen LogP contribution in [0.15, 0.2) is 78.2 Å². The van der Waals surface area contributed by atoms with Crippen LogP contribution in [0.25, 0.3) is 0 Å². The highest BCUT2D eigenvalue weighted by molar-refractivity contribution is 7.09. The molecule has 8 heteroatoms. The molecule has 5 nitrogen and oxygen atoms in total. The smallest absolute Gasteiger partial charge is 0.271 e. The van der Waals surface area contributed by atoms with Crippen molar-refractivity contribution in [3.63, 3.8) is 0 Å². The van der Waals surface area contributed by atoms with Crippen LogP contribution in [0.2, 0.25) is 0 Å². The van der Waals surface area contributed by atoms with Gasteiger partial charge in [0.15, 0.2) is 0 Å². The third-order valence-corrected chi connectivity index (χ3v) is 6.18. The molecule has 0 unspecified atom stereocenters. The van der Waals surface area contributed by atoms with Gasteiger partial charge in [0, 0.05) is 24.0 Å². The highest BCUT2D eigenvalue weighted by Crippen LogP contribution is 2.18. The normalized spacial score (nSPS) is 10.7. The fourth-order valence-electron chi connectivity index (χ4n) is 3.41. The van der Waals surface area contributed by atoms with Crippen LogP contribution in [0, 0.1) is 18.6 Å². The van der Waals surface area contributed by atoms with Gasteiger partial charge in [0.2, 0.25) is 0 Å². The first-order valence-electron chi connectivity index (χ1n) is 10.9. The summed E-state index contributed by atoms with van der Waals surface area (Å²) in [6.07, 6.45) is 0. The molecule has 1 N–H and O–H groups in total. The molecule has 0 aliphatic rings. The maximum Gasteiger partial charge on any atom is 0.271 e. The number of aryl methyl sites for hydroxylation is 1. The number of halogens is 2. The van der Waals surface area contributed by atoms with E-state index < -0.39 is 0 Å². The van der Waals surface area contributed by atoms with Crippen LogP contribution < -0.4 is 5.32 Å². The molecule has 0 spiro atoms. The van der Waals surface area contributed by atoms with Crippen molar-refractivity contribution in [2.75, 3.05) is 0 Å². The van der Waals surface area contributed by atoms with Gasteiger partial charge in [-0.2, -0.15) is 0 Å². The lowest BCUT2D eigenvalue weighted by Crippen LogP contribution is -2.30. The molecular formula is C27H23F2N3O2S. The molecule has 0 atom stereocenters. The topological polar surface area (TPSA) is 62.3 Å². The molecule has 1 heterocycles. The summed E-state index contributed by atoms with van der Waals surface area (Å²) in [5, 5.41) is 5.00. The maximum atomic E-state index is 13.4. The number of benzene rings is 3. The van der Waals surface area contributed by atoms with Crippen molar-refractivity contribution in [2.45, 2.75) is 26.6 Å². The van der Waals surface area contributed by atoms with Crippen LogP contribution in [-0.4, -0.2) is 21.7 Å². The molecule has 2 amide bonds. The third-order valence-electron chi connectivity index (χ3n) is 5.35. The van der Waals surface area contributed by atoms with Crippen LogP contribution >= 0.6 is 11.3 Å². The quantitative estimate of drug-likeness (QED) is 0.354. The number of thiazole rings is 1. The number of nitrogens with zero attached hydrogens (tertiary/aromatic N) is 2. The number of hydrogen-bond donors (Lipinski definition) is 1. The molecule has 0 bridgehead atoms. The van der Waals surface area contributed by atoms with E-state index in [1.807, 2.05) is 19.1 Å². The Morgan fingerprint density at radius 1 is 0.857 bits per heavy atom. The van der Waals surface area contributed by atoms with Gasteiger partial charge in [-0.15, -0.1) is 11.3 Å². The number of rotatable bonds is 8. The van der Waals surface area contributed by atoms with Gasteiger partial charge in [-0.3, -0.25) is 9.59 Å². The summed E-state index contributed by atoms with van der Waals surface area (Å²) in [6.45, 7) is 2.65. The van der Waals surface area contributed by atoms with Gasteiger partial charge in [-0.05, 0) is 54.4 Å². The Bertz CT molecular complexity index is 1300. The summed E-state index contributed by atoms with van der Waals surface area (Å²) in [6, 6.07) is 19.2. The van der Waals surface area contributed by atoms with E-state index >= 15 is 0 Å². The molecule has 178 valence electrons. The van der Waals surface area contributed by atoms with Gasteiger partial charge in [0.05, 0.1) is 6.54 Å². The highest BCUT2D eigenvalue weighted by Gasteiger charge is 2.19. The SMILES string of the molecule is Cc1ccc(C(=O)N(Cc2ccc(F)cc2)Cc2nc(C(=O)NCc3ccc(F)cc3)cs2)cc1. The minimum atomic E-state index is -0.355. The predicted octanol–water partition coefficient (Wildman–Crippen LogP) is 5.50. The van der Waals surface area contributed by atoms with Crippen LogP contribution in [0.3, 0.4) is 0 Å². The van der Waals surface area contributed by atoms with E-state index in [0.29, 0.717) is 10.6 Å². The Balaban J connectivity index is 1.47. The minimum absolute atomic E-state index is 0.188. The summed E-state index contributed by atoms with van der Waals surface area (Å²) >= 11 is 1.28. The summed E-state index contributed by atoms with van der Waals surface area (Å²) in [5.74, 6) is -1.23. The van der Waals surface area contributed by atoms with Crippen molar-refractivity contribution >= 4 is 23.2 Å². The van der Waals surface area contributed by atoms with E-state index in [4.69, 9.17) is 0 Å². The Kier molecular flexibility index (Phi) is 7.62. The average molecular weight is 492 g/mol. The molecule has 0 saturated carbocycles. The van der Waals surface area contributed by atoms with Gasteiger partial charge in [-0.1, -0.05) is 42.0 Å². The molecular weight excluding hydrogens is 468 g/mol. The lowest BCUT2D eigenvalue weighted by Gasteiger charge is -2.22. The fraction of sp³-hybridized carbons (Fsp3) is 0.148. The Hall–Kier alpha value is -3.91. The van der Waals surface area contributed by atoms with E-state index in [-0.39, 0.29) is 48.8 Å². The van der Waals surface area contributed by atoms with E-state index in [1.54, 1.807) is 46.7 Å². The zero-order valence-electron chi connectivity index (χ0n) is 19.0. The largest absolute Gasteiger partial charge is 0.347 e.